The number of hydrogen-bond donors (Lipinski definition) is 0. The van der Waals surface area contributed by atoms with Gasteiger partial charge in [0.1, 0.15) is 5.52 Å². The second-order valence-electron chi connectivity index (χ2n) is 3.40. The smallest absolute Gasteiger partial charge is 0.277 e. The van der Waals surface area contributed by atoms with Gasteiger partial charge < -0.3 is 5.21 Å². The second-order valence-corrected chi connectivity index (χ2v) is 3.40. The van der Waals surface area contributed by atoms with Gasteiger partial charge in [-0.3, -0.25) is 10.1 Å². The maximum atomic E-state index is 11.6. The lowest BCUT2D eigenvalue weighted by Gasteiger charge is -2.00. The highest BCUT2D eigenvalue weighted by Gasteiger charge is 2.16. The van der Waals surface area contributed by atoms with Gasteiger partial charge in [0.25, 0.3) is 11.2 Å². The summed E-state index contributed by atoms with van der Waals surface area (Å²) >= 11 is 0. The molecule has 0 aliphatic carbocycles. The highest BCUT2D eigenvalue weighted by Crippen LogP contribution is 2.17. The maximum absolute atomic E-state index is 11.6. The SMILES string of the molecule is O=[N+]([O-])c1ccc2c(c1)[n+]([O-])nc1ccnn12. The third-order valence-corrected chi connectivity index (χ3v) is 2.42. The number of aromatic nitrogens is 4. The van der Waals surface area contributed by atoms with Gasteiger partial charge in [-0.05, 0) is 10.9 Å². The average molecular weight is 231 g/mol. The monoisotopic (exact) mass is 231 g/mol. The molecule has 0 atom stereocenters. The quantitative estimate of drug-likeness (QED) is 0.261. The van der Waals surface area contributed by atoms with Crippen LogP contribution < -0.4 is 4.85 Å². The molecule has 8 nitrogen and oxygen atoms in total. The fourth-order valence-corrected chi connectivity index (χ4v) is 1.66. The van der Waals surface area contributed by atoms with Crippen molar-refractivity contribution in [2.24, 2.45) is 0 Å². The molecule has 0 bridgehead atoms. The minimum absolute atomic E-state index is 0.107. The molecule has 1 aromatic carbocycles. The highest BCUT2D eigenvalue weighted by molar-refractivity contribution is 5.76. The van der Waals surface area contributed by atoms with Crippen LogP contribution in [-0.2, 0) is 0 Å². The van der Waals surface area contributed by atoms with Crippen LogP contribution in [0.5, 0.6) is 0 Å². The van der Waals surface area contributed by atoms with Crippen molar-refractivity contribution >= 4 is 22.4 Å². The molecule has 0 N–H and O–H groups in total. The van der Waals surface area contributed by atoms with E-state index < -0.39 is 4.92 Å². The first kappa shape index (κ1) is 9.46. The summed E-state index contributed by atoms with van der Waals surface area (Å²) in [6.07, 6.45) is 1.50. The summed E-state index contributed by atoms with van der Waals surface area (Å²) in [6.45, 7) is 0. The van der Waals surface area contributed by atoms with E-state index in [4.69, 9.17) is 0 Å². The van der Waals surface area contributed by atoms with E-state index in [1.54, 1.807) is 6.07 Å². The molecule has 2 heterocycles. The maximum Gasteiger partial charge on any atom is 0.277 e. The van der Waals surface area contributed by atoms with E-state index in [2.05, 4.69) is 10.2 Å². The van der Waals surface area contributed by atoms with Crippen LogP contribution >= 0.6 is 0 Å². The van der Waals surface area contributed by atoms with Crippen LogP contribution in [0.4, 0.5) is 5.69 Å². The standard InChI is InChI=1S/C9H5N5O3/c15-13-8-5-6(14(16)17)1-2-7(8)12-9(11-13)3-4-10-12/h1-5H. The van der Waals surface area contributed by atoms with Crippen molar-refractivity contribution in [3.05, 3.63) is 45.8 Å². The summed E-state index contributed by atoms with van der Waals surface area (Å²) in [5, 5.41) is 29.9. The zero-order valence-corrected chi connectivity index (χ0v) is 8.35. The van der Waals surface area contributed by atoms with E-state index >= 15 is 0 Å². The molecule has 0 aliphatic heterocycles. The number of nitro groups is 1. The Kier molecular flexibility index (Phi) is 1.73. The van der Waals surface area contributed by atoms with Gasteiger partial charge in [-0.2, -0.15) is 5.10 Å². The average Bonchev–Trinajstić information content (AvgIpc) is 2.76. The van der Waals surface area contributed by atoms with Gasteiger partial charge in [0.15, 0.2) is 0 Å². The van der Waals surface area contributed by atoms with Crippen molar-refractivity contribution in [1.29, 1.82) is 0 Å². The Labute approximate surface area is 93.4 Å². The number of rotatable bonds is 1. The lowest BCUT2D eigenvalue weighted by Crippen LogP contribution is -2.33. The third-order valence-electron chi connectivity index (χ3n) is 2.42. The van der Waals surface area contributed by atoms with Gasteiger partial charge in [0.2, 0.25) is 5.65 Å². The molecule has 3 rings (SSSR count). The largest absolute Gasteiger partial charge is 0.594 e. The molecule has 0 aliphatic rings. The van der Waals surface area contributed by atoms with Crippen molar-refractivity contribution in [3.8, 4) is 0 Å². The molecule has 0 spiro atoms. The summed E-state index contributed by atoms with van der Waals surface area (Å²) in [6, 6.07) is 5.55. The first-order chi connectivity index (χ1) is 8.16. The molecule has 0 unspecified atom stereocenters. The molecule has 2 aromatic heterocycles. The topological polar surface area (TPSA) is 100 Å². The van der Waals surface area contributed by atoms with Crippen LogP contribution in [0.25, 0.3) is 16.7 Å². The highest BCUT2D eigenvalue weighted by atomic mass is 16.6. The lowest BCUT2D eigenvalue weighted by molar-refractivity contribution is -0.640. The summed E-state index contributed by atoms with van der Waals surface area (Å²) in [5.74, 6) is 0. The number of nitrogens with zero attached hydrogens (tertiary/aromatic N) is 5. The zero-order chi connectivity index (χ0) is 12.0. The Bertz CT molecular complexity index is 751. The Morgan fingerprint density at radius 3 is 2.94 bits per heavy atom. The Balaban J connectivity index is 2.47. The molecule has 17 heavy (non-hydrogen) atoms. The number of nitro benzene ring substituents is 1. The van der Waals surface area contributed by atoms with Crippen LogP contribution in [0.15, 0.2) is 30.5 Å². The van der Waals surface area contributed by atoms with E-state index in [1.807, 2.05) is 0 Å². The summed E-state index contributed by atoms with van der Waals surface area (Å²) in [5.41, 5.74) is 0.813. The molecule has 8 heteroatoms. The first-order valence-corrected chi connectivity index (χ1v) is 4.68. The van der Waals surface area contributed by atoms with Crippen molar-refractivity contribution in [1.82, 2.24) is 14.7 Å². The number of non-ortho nitro benzene ring substituents is 1. The minimum atomic E-state index is -0.563. The van der Waals surface area contributed by atoms with E-state index in [9.17, 15) is 15.3 Å². The van der Waals surface area contributed by atoms with Crippen molar-refractivity contribution < 1.29 is 9.77 Å². The van der Waals surface area contributed by atoms with Gasteiger partial charge in [0, 0.05) is 17.2 Å². The van der Waals surface area contributed by atoms with E-state index in [1.165, 1.54) is 28.9 Å². The molecule has 84 valence electrons. The Morgan fingerprint density at radius 2 is 2.18 bits per heavy atom. The molecule has 0 fully saturated rings. The van der Waals surface area contributed by atoms with Gasteiger partial charge in [-0.1, -0.05) is 0 Å². The fourth-order valence-electron chi connectivity index (χ4n) is 1.66. The number of hydrogen-bond acceptors (Lipinski definition) is 5. The molecule has 0 amide bonds. The van der Waals surface area contributed by atoms with Crippen molar-refractivity contribution in [2.75, 3.05) is 0 Å². The summed E-state index contributed by atoms with van der Waals surface area (Å²) in [7, 11) is 0. The van der Waals surface area contributed by atoms with Gasteiger partial charge in [-0.25, -0.2) is 4.52 Å². The van der Waals surface area contributed by atoms with Gasteiger partial charge >= 0.3 is 0 Å². The minimum Gasteiger partial charge on any atom is -0.594 e. The lowest BCUT2D eigenvalue weighted by atomic mass is 10.3. The predicted octanol–water partition coefficient (Wildman–Crippen LogP) is 0.424. The molecule has 0 radical (unpaired) electrons. The fraction of sp³-hybridized carbons (Fsp3) is 0. The van der Waals surface area contributed by atoms with E-state index in [-0.39, 0.29) is 11.2 Å². The third kappa shape index (κ3) is 1.27. The van der Waals surface area contributed by atoms with E-state index in [0.29, 0.717) is 16.0 Å². The van der Waals surface area contributed by atoms with Crippen molar-refractivity contribution in [3.63, 3.8) is 0 Å². The predicted molar refractivity (Wildman–Crippen MR) is 56.1 cm³/mol. The van der Waals surface area contributed by atoms with Crippen LogP contribution in [0.1, 0.15) is 0 Å². The van der Waals surface area contributed by atoms with Crippen LogP contribution in [0.3, 0.4) is 0 Å². The van der Waals surface area contributed by atoms with E-state index in [0.717, 1.165) is 0 Å². The molecular weight excluding hydrogens is 226 g/mol. The van der Waals surface area contributed by atoms with Crippen LogP contribution in [-0.4, -0.2) is 19.6 Å². The Hall–Kier alpha value is -2.77. The molecule has 0 saturated carbocycles. The van der Waals surface area contributed by atoms with Crippen LogP contribution in [0, 0.1) is 15.3 Å². The molecule has 0 saturated heterocycles. The van der Waals surface area contributed by atoms with Gasteiger partial charge in [0.05, 0.1) is 17.2 Å². The number of benzene rings is 1. The summed E-state index contributed by atoms with van der Waals surface area (Å²) < 4.78 is 1.45. The van der Waals surface area contributed by atoms with Crippen LogP contribution in [0.2, 0.25) is 0 Å². The second kappa shape index (κ2) is 3.11. The summed E-state index contributed by atoms with van der Waals surface area (Å²) in [4.78, 5) is 10.4. The normalized spacial score (nSPS) is 11.1. The number of fused-ring (bicyclic) bond motifs is 3. The zero-order valence-electron chi connectivity index (χ0n) is 8.35. The molecule has 3 aromatic rings. The molecular formula is C9H5N5O3. The van der Waals surface area contributed by atoms with Gasteiger partial charge in [-0.15, -0.1) is 0 Å². The Morgan fingerprint density at radius 1 is 1.35 bits per heavy atom. The van der Waals surface area contributed by atoms with Crippen molar-refractivity contribution in [2.45, 2.75) is 0 Å². The first-order valence-electron chi connectivity index (χ1n) is 4.68.